The fourth-order valence-corrected chi connectivity index (χ4v) is 3.72. The lowest BCUT2D eigenvalue weighted by atomic mass is 10.1. The second-order valence-electron chi connectivity index (χ2n) is 7.41. The summed E-state index contributed by atoms with van der Waals surface area (Å²) in [6.07, 6.45) is 1.53. The third kappa shape index (κ3) is 3.68. The SMILES string of the molecule is COc1ccc(CNc2ccc3ncc(C(=O)N4Cc5ccc(F)cc5C4)n3n2)cc1. The molecule has 0 unspecified atom stereocenters. The second kappa shape index (κ2) is 7.71. The number of imidazole rings is 1. The molecule has 0 atom stereocenters. The van der Waals surface area contributed by atoms with Crippen molar-refractivity contribution >= 4 is 17.4 Å². The van der Waals surface area contributed by atoms with E-state index in [4.69, 9.17) is 4.74 Å². The molecule has 3 heterocycles. The molecule has 31 heavy (non-hydrogen) atoms. The first-order valence-electron chi connectivity index (χ1n) is 9.89. The van der Waals surface area contributed by atoms with Crippen LogP contribution in [0.15, 0.2) is 60.8 Å². The van der Waals surface area contributed by atoms with Crippen molar-refractivity contribution in [3.8, 4) is 5.75 Å². The van der Waals surface area contributed by atoms with Crippen molar-refractivity contribution in [3.63, 3.8) is 0 Å². The van der Waals surface area contributed by atoms with E-state index in [2.05, 4.69) is 15.4 Å². The number of hydrogen-bond donors (Lipinski definition) is 1. The van der Waals surface area contributed by atoms with E-state index >= 15 is 0 Å². The van der Waals surface area contributed by atoms with Gasteiger partial charge in [-0.3, -0.25) is 4.79 Å². The summed E-state index contributed by atoms with van der Waals surface area (Å²) in [6, 6.07) is 16.0. The summed E-state index contributed by atoms with van der Waals surface area (Å²) in [5, 5.41) is 7.82. The molecule has 4 aromatic rings. The van der Waals surface area contributed by atoms with Gasteiger partial charge in [0.2, 0.25) is 0 Å². The third-order valence-electron chi connectivity index (χ3n) is 5.39. The van der Waals surface area contributed by atoms with Crippen LogP contribution in [0.25, 0.3) is 5.65 Å². The van der Waals surface area contributed by atoms with Gasteiger partial charge in [-0.15, -0.1) is 5.10 Å². The highest BCUT2D eigenvalue weighted by atomic mass is 19.1. The number of carbonyl (C=O) groups is 1. The highest BCUT2D eigenvalue weighted by Crippen LogP contribution is 2.25. The van der Waals surface area contributed by atoms with Gasteiger partial charge in [0.25, 0.3) is 5.91 Å². The van der Waals surface area contributed by atoms with Crippen LogP contribution in [0, 0.1) is 5.82 Å². The van der Waals surface area contributed by atoms with Crippen molar-refractivity contribution in [2.75, 3.05) is 12.4 Å². The predicted octanol–water partition coefficient (Wildman–Crippen LogP) is 3.65. The molecule has 1 aliphatic rings. The Morgan fingerprint density at radius 3 is 2.71 bits per heavy atom. The number of amides is 1. The number of anilines is 1. The summed E-state index contributed by atoms with van der Waals surface area (Å²) in [5.74, 6) is 0.944. The van der Waals surface area contributed by atoms with E-state index in [1.54, 1.807) is 22.6 Å². The van der Waals surface area contributed by atoms with E-state index < -0.39 is 0 Å². The number of nitrogens with one attached hydrogen (secondary N) is 1. The molecule has 2 aromatic heterocycles. The van der Waals surface area contributed by atoms with Crippen LogP contribution < -0.4 is 10.1 Å². The number of nitrogens with zero attached hydrogens (tertiary/aromatic N) is 4. The van der Waals surface area contributed by atoms with Crippen LogP contribution >= 0.6 is 0 Å². The Bertz CT molecular complexity index is 1270. The molecule has 156 valence electrons. The zero-order chi connectivity index (χ0) is 21.4. The second-order valence-corrected chi connectivity index (χ2v) is 7.41. The van der Waals surface area contributed by atoms with Crippen LogP contribution in [-0.2, 0) is 19.6 Å². The number of carbonyl (C=O) groups excluding carboxylic acids is 1. The Kier molecular flexibility index (Phi) is 4.74. The first-order valence-corrected chi connectivity index (χ1v) is 9.89. The maximum absolute atomic E-state index is 13.5. The molecule has 1 amide bonds. The zero-order valence-electron chi connectivity index (χ0n) is 16.9. The smallest absolute Gasteiger partial charge is 0.274 e. The molecule has 0 aliphatic carbocycles. The van der Waals surface area contributed by atoms with Gasteiger partial charge in [0.15, 0.2) is 11.3 Å². The minimum Gasteiger partial charge on any atom is -0.497 e. The molecular formula is C23H20FN5O2. The number of aromatic nitrogens is 3. The molecule has 0 saturated heterocycles. The van der Waals surface area contributed by atoms with Gasteiger partial charge in [-0.2, -0.15) is 0 Å². The Hall–Kier alpha value is -3.94. The topological polar surface area (TPSA) is 71.8 Å². The largest absolute Gasteiger partial charge is 0.497 e. The number of methoxy groups -OCH3 is 1. The molecule has 1 aliphatic heterocycles. The monoisotopic (exact) mass is 417 g/mol. The van der Waals surface area contributed by atoms with Gasteiger partial charge in [0, 0.05) is 19.6 Å². The molecule has 0 radical (unpaired) electrons. The minimum atomic E-state index is -0.294. The van der Waals surface area contributed by atoms with Crippen LogP contribution in [0.5, 0.6) is 5.75 Å². The first-order chi connectivity index (χ1) is 15.1. The molecule has 1 N–H and O–H groups in total. The molecule has 8 heteroatoms. The molecular weight excluding hydrogens is 397 g/mol. The van der Waals surface area contributed by atoms with Gasteiger partial charge in [-0.25, -0.2) is 13.9 Å². The van der Waals surface area contributed by atoms with Gasteiger partial charge < -0.3 is 15.0 Å². The minimum absolute atomic E-state index is 0.191. The number of rotatable bonds is 5. The van der Waals surface area contributed by atoms with Crippen molar-refractivity contribution in [3.05, 3.63) is 89.0 Å². The van der Waals surface area contributed by atoms with E-state index in [1.807, 2.05) is 36.4 Å². The molecule has 5 rings (SSSR count). The summed E-state index contributed by atoms with van der Waals surface area (Å²) in [7, 11) is 1.63. The van der Waals surface area contributed by atoms with Crippen LogP contribution in [0.2, 0.25) is 0 Å². The van der Waals surface area contributed by atoms with E-state index in [9.17, 15) is 9.18 Å². The Balaban J connectivity index is 1.34. The van der Waals surface area contributed by atoms with Crippen molar-refractivity contribution in [2.45, 2.75) is 19.6 Å². The Morgan fingerprint density at radius 2 is 1.90 bits per heavy atom. The fraction of sp³-hybridized carbons (Fsp3) is 0.174. The zero-order valence-corrected chi connectivity index (χ0v) is 16.9. The molecule has 0 bridgehead atoms. The van der Waals surface area contributed by atoms with Crippen molar-refractivity contribution in [1.82, 2.24) is 19.5 Å². The summed E-state index contributed by atoms with van der Waals surface area (Å²) < 4.78 is 20.2. The average molecular weight is 417 g/mol. The lowest BCUT2D eigenvalue weighted by molar-refractivity contribution is 0.0743. The highest BCUT2D eigenvalue weighted by Gasteiger charge is 2.27. The van der Waals surface area contributed by atoms with Gasteiger partial charge in [-0.1, -0.05) is 18.2 Å². The summed E-state index contributed by atoms with van der Waals surface area (Å²) in [4.78, 5) is 19.1. The van der Waals surface area contributed by atoms with Crippen LogP contribution in [0.1, 0.15) is 27.2 Å². The van der Waals surface area contributed by atoms with Gasteiger partial charge in [-0.05, 0) is 53.1 Å². The molecule has 7 nitrogen and oxygen atoms in total. The number of fused-ring (bicyclic) bond motifs is 2. The highest BCUT2D eigenvalue weighted by molar-refractivity contribution is 5.93. The first kappa shape index (κ1) is 19.0. The van der Waals surface area contributed by atoms with Crippen LogP contribution in [-0.4, -0.2) is 32.5 Å². The number of benzene rings is 2. The van der Waals surface area contributed by atoms with Crippen molar-refractivity contribution in [2.24, 2.45) is 0 Å². The Morgan fingerprint density at radius 1 is 1.10 bits per heavy atom. The van der Waals surface area contributed by atoms with Crippen LogP contribution in [0.4, 0.5) is 10.2 Å². The van der Waals surface area contributed by atoms with E-state index in [1.165, 1.54) is 18.3 Å². The molecule has 2 aromatic carbocycles. The fourth-order valence-electron chi connectivity index (χ4n) is 3.72. The number of ether oxygens (including phenoxy) is 1. The molecule has 0 spiro atoms. The third-order valence-corrected chi connectivity index (χ3v) is 5.39. The lowest BCUT2D eigenvalue weighted by Gasteiger charge is -2.14. The maximum atomic E-state index is 13.5. The van der Waals surface area contributed by atoms with Crippen molar-refractivity contribution < 1.29 is 13.9 Å². The van der Waals surface area contributed by atoms with E-state index in [0.717, 1.165) is 22.4 Å². The van der Waals surface area contributed by atoms with Gasteiger partial charge in [0.1, 0.15) is 17.4 Å². The normalized spacial score (nSPS) is 12.8. The average Bonchev–Trinajstić information content (AvgIpc) is 3.41. The van der Waals surface area contributed by atoms with E-state index in [0.29, 0.717) is 36.8 Å². The standard InChI is InChI=1S/C23H20FN5O2/c1-31-19-6-2-15(3-7-19)11-25-21-8-9-22-26-12-20(29(22)27-21)23(30)28-13-16-4-5-18(24)10-17(16)14-28/h2-10,12H,11,13-14H2,1H3,(H,25,27). The van der Waals surface area contributed by atoms with Crippen LogP contribution in [0.3, 0.4) is 0 Å². The maximum Gasteiger partial charge on any atom is 0.274 e. The summed E-state index contributed by atoms with van der Waals surface area (Å²) >= 11 is 0. The summed E-state index contributed by atoms with van der Waals surface area (Å²) in [5.41, 5.74) is 3.82. The molecule has 0 fully saturated rings. The Labute approximate surface area is 178 Å². The van der Waals surface area contributed by atoms with Gasteiger partial charge in [0.05, 0.1) is 13.3 Å². The van der Waals surface area contributed by atoms with Crippen molar-refractivity contribution in [1.29, 1.82) is 0 Å². The number of halogens is 1. The predicted molar refractivity (Wildman–Crippen MR) is 113 cm³/mol. The van der Waals surface area contributed by atoms with E-state index in [-0.39, 0.29) is 11.7 Å². The lowest BCUT2D eigenvalue weighted by Crippen LogP contribution is -2.27. The summed E-state index contributed by atoms with van der Waals surface area (Å²) in [6.45, 7) is 1.39. The molecule has 0 saturated carbocycles. The quantitative estimate of drug-likeness (QED) is 0.537. The number of hydrogen-bond acceptors (Lipinski definition) is 5. The van der Waals surface area contributed by atoms with Gasteiger partial charge >= 0.3 is 0 Å².